The molecular weight excluding hydrogens is 320 g/mol. The summed E-state index contributed by atoms with van der Waals surface area (Å²) in [6.45, 7) is 0. The van der Waals surface area contributed by atoms with Gasteiger partial charge in [0.05, 0.1) is 6.10 Å². The first-order valence-corrected chi connectivity index (χ1v) is 7.21. The SMILES string of the molecule is O=C(/C=C\c1ccc(O)cc1)O[C@@H]1C[C@@](O)(C(=O)O)C[C@@H](O)[C@@H]1O. The van der Waals surface area contributed by atoms with Gasteiger partial charge in [0.1, 0.15) is 18.0 Å². The van der Waals surface area contributed by atoms with Crippen molar-refractivity contribution in [2.24, 2.45) is 0 Å². The number of benzene rings is 1. The molecule has 1 saturated carbocycles. The zero-order valence-electron chi connectivity index (χ0n) is 12.6. The first-order valence-electron chi connectivity index (χ1n) is 7.21. The number of aliphatic hydroxyl groups excluding tert-OH is 2. The van der Waals surface area contributed by atoms with Crippen LogP contribution in [0, 0.1) is 0 Å². The third kappa shape index (κ3) is 4.10. The normalized spacial score (nSPS) is 30.2. The van der Waals surface area contributed by atoms with Gasteiger partial charge in [0.25, 0.3) is 0 Å². The molecule has 1 aromatic carbocycles. The van der Waals surface area contributed by atoms with Crippen molar-refractivity contribution >= 4 is 18.0 Å². The van der Waals surface area contributed by atoms with Crippen LogP contribution in [-0.4, -0.2) is 61.4 Å². The quantitative estimate of drug-likeness (QED) is 0.370. The van der Waals surface area contributed by atoms with Crippen LogP contribution in [0.2, 0.25) is 0 Å². The molecule has 0 aromatic heterocycles. The van der Waals surface area contributed by atoms with Crippen LogP contribution in [0.5, 0.6) is 5.75 Å². The molecule has 4 atom stereocenters. The predicted molar refractivity (Wildman–Crippen MR) is 80.9 cm³/mol. The second-order valence-electron chi connectivity index (χ2n) is 5.70. The number of esters is 1. The molecule has 8 heteroatoms. The van der Waals surface area contributed by atoms with Crippen LogP contribution in [0.1, 0.15) is 18.4 Å². The van der Waals surface area contributed by atoms with Gasteiger partial charge in [0, 0.05) is 18.9 Å². The number of aliphatic carboxylic acids is 1. The number of rotatable bonds is 4. The number of phenols is 1. The Balaban J connectivity index is 2.03. The molecule has 2 rings (SSSR count). The fourth-order valence-electron chi connectivity index (χ4n) is 2.48. The number of carbonyl (C=O) groups is 2. The second-order valence-corrected chi connectivity index (χ2v) is 5.70. The van der Waals surface area contributed by atoms with E-state index in [1.165, 1.54) is 18.2 Å². The fourth-order valence-corrected chi connectivity index (χ4v) is 2.48. The number of phenolic OH excluding ortho intramolecular Hbond substituents is 1. The first kappa shape index (κ1) is 17.9. The summed E-state index contributed by atoms with van der Waals surface area (Å²) in [4.78, 5) is 22.9. The Labute approximate surface area is 137 Å². The second kappa shape index (κ2) is 7.00. The predicted octanol–water partition coefficient (Wildman–Crippen LogP) is -0.352. The van der Waals surface area contributed by atoms with Gasteiger partial charge in [-0.3, -0.25) is 0 Å². The molecule has 0 bridgehead atoms. The minimum atomic E-state index is -2.27. The summed E-state index contributed by atoms with van der Waals surface area (Å²) in [7, 11) is 0. The smallest absolute Gasteiger partial charge is 0.335 e. The average molecular weight is 338 g/mol. The van der Waals surface area contributed by atoms with E-state index in [2.05, 4.69) is 0 Å². The summed E-state index contributed by atoms with van der Waals surface area (Å²) >= 11 is 0. The monoisotopic (exact) mass is 338 g/mol. The summed E-state index contributed by atoms with van der Waals surface area (Å²) in [6.07, 6.45) is -3.00. The number of carbonyl (C=O) groups excluding carboxylic acids is 1. The van der Waals surface area contributed by atoms with E-state index in [0.29, 0.717) is 5.56 Å². The molecule has 0 radical (unpaired) electrons. The number of carboxylic acids is 1. The maximum Gasteiger partial charge on any atom is 0.335 e. The van der Waals surface area contributed by atoms with Gasteiger partial charge in [-0.25, -0.2) is 9.59 Å². The Morgan fingerprint density at radius 1 is 1.17 bits per heavy atom. The van der Waals surface area contributed by atoms with Crippen LogP contribution >= 0.6 is 0 Å². The third-order valence-electron chi connectivity index (χ3n) is 3.83. The Kier molecular flexibility index (Phi) is 5.23. The number of hydrogen-bond donors (Lipinski definition) is 5. The summed E-state index contributed by atoms with van der Waals surface area (Å²) in [6, 6.07) is 5.97. The van der Waals surface area contributed by atoms with Crippen molar-refractivity contribution in [3.05, 3.63) is 35.9 Å². The third-order valence-corrected chi connectivity index (χ3v) is 3.83. The summed E-state index contributed by atoms with van der Waals surface area (Å²) in [5.41, 5.74) is -1.67. The first-order chi connectivity index (χ1) is 11.2. The molecule has 0 aliphatic heterocycles. The lowest BCUT2D eigenvalue weighted by Crippen LogP contribution is -2.57. The van der Waals surface area contributed by atoms with Crippen molar-refractivity contribution < 1.29 is 39.9 Å². The molecule has 0 amide bonds. The molecule has 0 saturated heterocycles. The summed E-state index contributed by atoms with van der Waals surface area (Å²) in [5, 5.41) is 47.6. The van der Waals surface area contributed by atoms with Gasteiger partial charge in [-0.2, -0.15) is 0 Å². The van der Waals surface area contributed by atoms with Crippen molar-refractivity contribution in [2.75, 3.05) is 0 Å². The molecule has 0 heterocycles. The lowest BCUT2D eigenvalue weighted by Gasteiger charge is -2.39. The van der Waals surface area contributed by atoms with Gasteiger partial charge in [-0.05, 0) is 23.8 Å². The van der Waals surface area contributed by atoms with Crippen LogP contribution < -0.4 is 0 Å². The number of hydrogen-bond acceptors (Lipinski definition) is 7. The highest BCUT2D eigenvalue weighted by atomic mass is 16.6. The Morgan fingerprint density at radius 2 is 1.79 bits per heavy atom. The van der Waals surface area contributed by atoms with Crippen molar-refractivity contribution in [3.8, 4) is 5.75 Å². The van der Waals surface area contributed by atoms with Crippen molar-refractivity contribution in [1.82, 2.24) is 0 Å². The van der Waals surface area contributed by atoms with Crippen molar-refractivity contribution in [1.29, 1.82) is 0 Å². The average Bonchev–Trinajstić information content (AvgIpc) is 2.51. The van der Waals surface area contributed by atoms with Crippen LogP contribution in [0.15, 0.2) is 30.3 Å². The molecule has 1 aliphatic rings. The molecule has 0 spiro atoms. The number of aliphatic hydroxyl groups is 3. The van der Waals surface area contributed by atoms with Gasteiger partial charge in [0.15, 0.2) is 5.60 Å². The summed E-state index contributed by atoms with van der Waals surface area (Å²) in [5.74, 6) is -2.36. The maximum atomic E-state index is 11.8. The molecule has 1 aromatic rings. The van der Waals surface area contributed by atoms with Crippen LogP contribution in [0.3, 0.4) is 0 Å². The van der Waals surface area contributed by atoms with E-state index in [-0.39, 0.29) is 5.75 Å². The number of aromatic hydroxyl groups is 1. The molecule has 1 fully saturated rings. The summed E-state index contributed by atoms with van der Waals surface area (Å²) < 4.78 is 4.96. The van der Waals surface area contributed by atoms with Crippen molar-refractivity contribution in [3.63, 3.8) is 0 Å². The Morgan fingerprint density at radius 3 is 2.38 bits per heavy atom. The van der Waals surface area contributed by atoms with Crippen LogP contribution in [-0.2, 0) is 14.3 Å². The van der Waals surface area contributed by atoms with Crippen LogP contribution in [0.4, 0.5) is 0 Å². The van der Waals surface area contributed by atoms with E-state index in [1.807, 2.05) is 0 Å². The highest BCUT2D eigenvalue weighted by molar-refractivity contribution is 5.87. The zero-order valence-corrected chi connectivity index (χ0v) is 12.6. The highest BCUT2D eigenvalue weighted by Gasteiger charge is 2.50. The lowest BCUT2D eigenvalue weighted by molar-refractivity contribution is -0.196. The van der Waals surface area contributed by atoms with Crippen LogP contribution in [0.25, 0.3) is 6.08 Å². The van der Waals surface area contributed by atoms with Crippen molar-refractivity contribution in [2.45, 2.75) is 36.8 Å². The number of carboxylic acid groups (broad SMARTS) is 1. The molecular formula is C16H18O8. The van der Waals surface area contributed by atoms with E-state index in [4.69, 9.17) is 14.9 Å². The molecule has 0 unspecified atom stereocenters. The van der Waals surface area contributed by atoms with Gasteiger partial charge in [-0.15, -0.1) is 0 Å². The van der Waals surface area contributed by atoms with E-state index in [9.17, 15) is 24.9 Å². The largest absolute Gasteiger partial charge is 0.508 e. The minimum Gasteiger partial charge on any atom is -0.508 e. The highest BCUT2D eigenvalue weighted by Crippen LogP contribution is 2.31. The Hall–Kier alpha value is -2.42. The van der Waals surface area contributed by atoms with E-state index >= 15 is 0 Å². The zero-order chi connectivity index (χ0) is 17.9. The van der Waals surface area contributed by atoms with Gasteiger partial charge in [0.2, 0.25) is 0 Å². The van der Waals surface area contributed by atoms with Gasteiger partial charge < -0.3 is 30.3 Å². The molecule has 1 aliphatic carbocycles. The Bertz CT molecular complexity index is 638. The molecule has 5 N–H and O–H groups in total. The van der Waals surface area contributed by atoms with Gasteiger partial charge >= 0.3 is 11.9 Å². The topological polar surface area (TPSA) is 145 Å². The van der Waals surface area contributed by atoms with E-state index in [0.717, 1.165) is 6.08 Å². The number of ether oxygens (including phenoxy) is 1. The minimum absolute atomic E-state index is 0.0713. The lowest BCUT2D eigenvalue weighted by atomic mass is 9.79. The molecule has 24 heavy (non-hydrogen) atoms. The van der Waals surface area contributed by atoms with E-state index in [1.54, 1.807) is 12.1 Å². The fraction of sp³-hybridized carbons (Fsp3) is 0.375. The maximum absolute atomic E-state index is 11.8. The standard InChI is InChI=1S/C16H18O8/c17-10-4-1-9(2-5-10)3-6-13(19)24-12-8-16(23,15(21)22)7-11(18)14(12)20/h1-6,11-12,14,17-18,20,23H,7-8H2,(H,21,22)/b6-3-/t11-,12-,14+,16-/m1/s1. The van der Waals surface area contributed by atoms with Gasteiger partial charge in [-0.1, -0.05) is 12.1 Å². The molecule has 8 nitrogen and oxygen atoms in total. The van der Waals surface area contributed by atoms with E-state index < -0.39 is 48.7 Å². The molecule has 130 valence electrons.